The maximum atomic E-state index is 11.5. The Kier molecular flexibility index (Phi) is 3.06. The molecule has 2 aromatic heterocycles. The summed E-state index contributed by atoms with van der Waals surface area (Å²) in [7, 11) is 0. The molecule has 9 heteroatoms. The van der Waals surface area contributed by atoms with E-state index in [-0.39, 0.29) is 17.9 Å². The Morgan fingerprint density at radius 1 is 1.59 bits per heavy atom. The molecule has 86 valence electrons. The Bertz CT molecular complexity index is 536. The van der Waals surface area contributed by atoms with Gasteiger partial charge in [0.25, 0.3) is 0 Å². The third kappa shape index (κ3) is 2.63. The van der Waals surface area contributed by atoms with E-state index >= 15 is 0 Å². The van der Waals surface area contributed by atoms with Crippen molar-refractivity contribution in [2.24, 2.45) is 0 Å². The van der Waals surface area contributed by atoms with Crippen LogP contribution in [0.15, 0.2) is 6.20 Å². The predicted octanol–water partition coefficient (Wildman–Crippen LogP) is -0.634. The Morgan fingerprint density at radius 2 is 2.47 bits per heavy atom. The van der Waals surface area contributed by atoms with Crippen molar-refractivity contribution in [2.45, 2.75) is 12.8 Å². The third-order valence-corrected chi connectivity index (χ3v) is 1.99. The number of carbonyl (C=O) groups is 1. The zero-order valence-electron chi connectivity index (χ0n) is 8.64. The van der Waals surface area contributed by atoms with E-state index in [9.17, 15) is 4.79 Å². The van der Waals surface area contributed by atoms with Crippen molar-refractivity contribution in [1.29, 1.82) is 5.26 Å². The second-order valence-corrected chi connectivity index (χ2v) is 3.15. The zero-order chi connectivity index (χ0) is 12.1. The van der Waals surface area contributed by atoms with Gasteiger partial charge in [0.05, 0.1) is 6.20 Å². The molecule has 0 bridgehead atoms. The van der Waals surface area contributed by atoms with Gasteiger partial charge in [-0.15, -0.1) is 10.2 Å². The van der Waals surface area contributed by atoms with E-state index in [0.717, 1.165) is 0 Å². The number of aromatic amines is 2. The molecule has 0 atom stereocenters. The summed E-state index contributed by atoms with van der Waals surface area (Å²) in [6.07, 6.45) is 1.91. The van der Waals surface area contributed by atoms with Crippen LogP contribution in [0, 0.1) is 11.3 Å². The van der Waals surface area contributed by atoms with Crippen molar-refractivity contribution in [3.63, 3.8) is 0 Å². The highest BCUT2D eigenvalue weighted by molar-refractivity contribution is 5.90. The van der Waals surface area contributed by atoms with Crippen molar-refractivity contribution >= 4 is 11.7 Å². The zero-order valence-corrected chi connectivity index (χ0v) is 8.64. The van der Waals surface area contributed by atoms with Crippen LogP contribution >= 0.6 is 0 Å². The molecule has 0 saturated carbocycles. The van der Waals surface area contributed by atoms with Crippen LogP contribution in [0.25, 0.3) is 0 Å². The molecule has 0 spiro atoms. The minimum atomic E-state index is -0.254. The molecule has 0 aliphatic heterocycles. The molecule has 1 amide bonds. The summed E-state index contributed by atoms with van der Waals surface area (Å²) in [6, 6.07) is 1.90. The lowest BCUT2D eigenvalue weighted by Gasteiger charge is -2.00. The SMILES string of the molecule is N#Cc1cn[nH]c1NC(=O)CCc1nn[nH]n1. The van der Waals surface area contributed by atoms with Crippen molar-refractivity contribution in [3.8, 4) is 6.07 Å². The number of anilines is 1. The summed E-state index contributed by atoms with van der Waals surface area (Å²) < 4.78 is 0. The second-order valence-electron chi connectivity index (χ2n) is 3.15. The number of aromatic nitrogens is 6. The second kappa shape index (κ2) is 4.84. The Morgan fingerprint density at radius 3 is 3.18 bits per heavy atom. The lowest BCUT2D eigenvalue weighted by molar-refractivity contribution is -0.116. The average molecular weight is 232 g/mol. The smallest absolute Gasteiger partial charge is 0.225 e. The normalized spacial score (nSPS) is 9.82. The summed E-state index contributed by atoms with van der Waals surface area (Å²) >= 11 is 0. The average Bonchev–Trinajstić information content (AvgIpc) is 2.97. The minimum absolute atomic E-state index is 0.198. The van der Waals surface area contributed by atoms with Crippen LogP contribution in [-0.4, -0.2) is 36.7 Å². The molecule has 0 unspecified atom stereocenters. The van der Waals surface area contributed by atoms with Crippen LogP contribution in [0.2, 0.25) is 0 Å². The first-order valence-corrected chi connectivity index (χ1v) is 4.75. The number of hydrogen-bond donors (Lipinski definition) is 3. The number of amides is 1. The number of nitriles is 1. The monoisotopic (exact) mass is 232 g/mol. The molecular weight excluding hydrogens is 224 g/mol. The van der Waals surface area contributed by atoms with Crippen molar-refractivity contribution in [3.05, 3.63) is 17.6 Å². The van der Waals surface area contributed by atoms with Crippen molar-refractivity contribution in [1.82, 2.24) is 30.8 Å². The van der Waals surface area contributed by atoms with E-state index in [2.05, 4.69) is 36.1 Å². The number of nitrogens with zero attached hydrogens (tertiary/aromatic N) is 5. The largest absolute Gasteiger partial charge is 0.310 e. The molecule has 17 heavy (non-hydrogen) atoms. The van der Waals surface area contributed by atoms with Gasteiger partial charge in [-0.2, -0.15) is 15.6 Å². The topological polar surface area (TPSA) is 136 Å². The predicted molar refractivity (Wildman–Crippen MR) is 54.4 cm³/mol. The Hall–Kier alpha value is -2.76. The number of hydrogen-bond acceptors (Lipinski definition) is 6. The highest BCUT2D eigenvalue weighted by atomic mass is 16.1. The summed E-state index contributed by atoms with van der Waals surface area (Å²) in [5.41, 5.74) is 0.290. The molecule has 0 fully saturated rings. The summed E-state index contributed by atoms with van der Waals surface area (Å²) in [6.45, 7) is 0. The third-order valence-electron chi connectivity index (χ3n) is 1.99. The number of H-pyrrole nitrogens is 2. The summed E-state index contributed by atoms with van der Waals surface area (Å²) in [4.78, 5) is 11.5. The van der Waals surface area contributed by atoms with E-state index in [0.29, 0.717) is 18.1 Å². The lowest BCUT2D eigenvalue weighted by Crippen LogP contribution is -2.13. The Balaban J connectivity index is 1.88. The lowest BCUT2D eigenvalue weighted by atomic mass is 10.3. The van der Waals surface area contributed by atoms with Crippen molar-refractivity contribution in [2.75, 3.05) is 5.32 Å². The van der Waals surface area contributed by atoms with E-state index < -0.39 is 0 Å². The number of nitrogens with one attached hydrogen (secondary N) is 3. The van der Waals surface area contributed by atoms with Crippen LogP contribution in [0.4, 0.5) is 5.82 Å². The Labute approximate surface area is 95.2 Å². The fourth-order valence-electron chi connectivity index (χ4n) is 1.18. The fraction of sp³-hybridized carbons (Fsp3) is 0.250. The molecule has 3 N–H and O–H groups in total. The molecule has 0 aliphatic carbocycles. The van der Waals surface area contributed by atoms with Crippen LogP contribution in [-0.2, 0) is 11.2 Å². The van der Waals surface area contributed by atoms with Gasteiger partial charge in [0, 0.05) is 12.8 Å². The minimum Gasteiger partial charge on any atom is -0.310 e. The summed E-state index contributed by atoms with van der Waals surface area (Å²) in [5, 5.41) is 30.5. The molecule has 0 saturated heterocycles. The van der Waals surface area contributed by atoms with Gasteiger partial charge in [-0.1, -0.05) is 5.21 Å². The molecule has 2 aromatic rings. The van der Waals surface area contributed by atoms with Gasteiger partial charge in [0.1, 0.15) is 17.5 Å². The molecule has 0 aliphatic rings. The highest BCUT2D eigenvalue weighted by Gasteiger charge is 2.09. The van der Waals surface area contributed by atoms with Gasteiger partial charge >= 0.3 is 0 Å². The van der Waals surface area contributed by atoms with Gasteiger partial charge < -0.3 is 5.32 Å². The van der Waals surface area contributed by atoms with E-state index in [1.165, 1.54) is 6.20 Å². The quantitative estimate of drug-likeness (QED) is 0.641. The van der Waals surface area contributed by atoms with Crippen molar-refractivity contribution < 1.29 is 4.79 Å². The van der Waals surface area contributed by atoms with Gasteiger partial charge in [0.2, 0.25) is 5.91 Å². The van der Waals surface area contributed by atoms with Crippen LogP contribution in [0.3, 0.4) is 0 Å². The van der Waals surface area contributed by atoms with Gasteiger partial charge in [-0.05, 0) is 0 Å². The fourth-order valence-corrected chi connectivity index (χ4v) is 1.18. The number of aryl methyl sites for hydroxylation is 1. The van der Waals surface area contributed by atoms with E-state index in [4.69, 9.17) is 5.26 Å². The van der Waals surface area contributed by atoms with E-state index in [1.807, 2.05) is 6.07 Å². The number of carbonyl (C=O) groups excluding carboxylic acids is 1. The molecule has 0 aromatic carbocycles. The standard InChI is InChI=1S/C8H8N8O/c9-3-5-4-10-14-8(5)11-7(17)2-1-6-12-15-16-13-6/h4H,1-2H2,(H2,10,11,14,17)(H,12,13,15,16). The number of rotatable bonds is 4. The van der Waals surface area contributed by atoms with Crippen LogP contribution in [0.1, 0.15) is 17.8 Å². The molecule has 2 heterocycles. The maximum Gasteiger partial charge on any atom is 0.225 e. The van der Waals surface area contributed by atoms with Gasteiger partial charge in [0.15, 0.2) is 5.82 Å². The van der Waals surface area contributed by atoms with Gasteiger partial charge in [-0.25, -0.2) is 0 Å². The van der Waals surface area contributed by atoms with Gasteiger partial charge in [-0.3, -0.25) is 9.89 Å². The first-order valence-electron chi connectivity index (χ1n) is 4.75. The maximum absolute atomic E-state index is 11.5. The summed E-state index contributed by atoms with van der Waals surface area (Å²) in [5.74, 6) is 0.506. The van der Waals surface area contributed by atoms with Crippen LogP contribution < -0.4 is 5.32 Å². The van der Waals surface area contributed by atoms with E-state index in [1.54, 1.807) is 0 Å². The molecule has 0 radical (unpaired) electrons. The highest BCUT2D eigenvalue weighted by Crippen LogP contribution is 2.09. The molecule has 2 rings (SSSR count). The number of tetrazole rings is 1. The first kappa shape index (κ1) is 10.7. The molecular formula is C8H8N8O. The van der Waals surface area contributed by atoms with Crippen LogP contribution in [0.5, 0.6) is 0 Å². The molecule has 9 nitrogen and oxygen atoms in total. The first-order chi connectivity index (χ1) is 8.29.